The maximum absolute atomic E-state index is 11.4. The summed E-state index contributed by atoms with van der Waals surface area (Å²) in [5.41, 5.74) is 3.59. The Kier molecular flexibility index (Phi) is 10.3. The molecule has 0 radical (unpaired) electrons. The van der Waals surface area contributed by atoms with E-state index in [1.807, 2.05) is 13.0 Å². The number of rotatable bonds is 7. The number of fused-ring (bicyclic) bond motifs is 1. The Balaban J connectivity index is 0.00000341. The molecule has 1 saturated heterocycles. The molecule has 1 aliphatic heterocycles. The van der Waals surface area contributed by atoms with Crippen molar-refractivity contribution in [3.63, 3.8) is 0 Å². The highest BCUT2D eigenvalue weighted by Crippen LogP contribution is 2.31. The SMILES string of the molecule is CCNC(=NCc1c(O)ccc2c1CCCC2)NC1CCN(CCS(C)(=O)=O)CC1.I. The molecule has 0 unspecified atom stereocenters. The van der Waals surface area contributed by atoms with Gasteiger partial charge in [-0.1, -0.05) is 6.07 Å². The van der Waals surface area contributed by atoms with Gasteiger partial charge in [0, 0.05) is 44.0 Å². The summed E-state index contributed by atoms with van der Waals surface area (Å²) in [5.74, 6) is 1.34. The molecule has 176 valence electrons. The molecule has 0 atom stereocenters. The lowest BCUT2D eigenvalue weighted by atomic mass is 9.88. The molecule has 3 rings (SSSR count). The molecular formula is C22H37IN4O3S. The summed E-state index contributed by atoms with van der Waals surface area (Å²) in [6, 6.07) is 4.18. The summed E-state index contributed by atoms with van der Waals surface area (Å²) < 4.78 is 22.8. The number of aryl methyl sites for hydroxylation is 1. The second-order valence-corrected chi connectivity index (χ2v) is 10.8. The molecule has 0 saturated carbocycles. The smallest absolute Gasteiger partial charge is 0.191 e. The van der Waals surface area contributed by atoms with Crippen LogP contribution >= 0.6 is 24.0 Å². The van der Waals surface area contributed by atoms with E-state index < -0.39 is 9.84 Å². The predicted molar refractivity (Wildman–Crippen MR) is 137 cm³/mol. The van der Waals surface area contributed by atoms with Gasteiger partial charge >= 0.3 is 0 Å². The zero-order chi connectivity index (χ0) is 21.6. The van der Waals surface area contributed by atoms with E-state index in [2.05, 4.69) is 21.6 Å². The number of benzene rings is 1. The summed E-state index contributed by atoms with van der Waals surface area (Å²) in [6.07, 6.45) is 7.70. The van der Waals surface area contributed by atoms with Crippen LogP contribution in [0.15, 0.2) is 17.1 Å². The quantitative estimate of drug-likeness (QED) is 0.268. The van der Waals surface area contributed by atoms with Crippen LogP contribution in [0, 0.1) is 0 Å². The van der Waals surface area contributed by atoms with Gasteiger partial charge in [0.25, 0.3) is 0 Å². The number of nitrogens with zero attached hydrogens (tertiary/aromatic N) is 2. The monoisotopic (exact) mass is 564 g/mol. The van der Waals surface area contributed by atoms with Crippen molar-refractivity contribution in [1.82, 2.24) is 15.5 Å². The fraction of sp³-hybridized carbons (Fsp3) is 0.682. The van der Waals surface area contributed by atoms with Crippen LogP contribution in [0.1, 0.15) is 49.3 Å². The van der Waals surface area contributed by atoms with E-state index in [1.165, 1.54) is 30.2 Å². The normalized spacial score (nSPS) is 18.2. The lowest BCUT2D eigenvalue weighted by molar-refractivity contribution is 0.216. The van der Waals surface area contributed by atoms with E-state index in [-0.39, 0.29) is 29.7 Å². The molecular weight excluding hydrogens is 527 g/mol. The second-order valence-electron chi connectivity index (χ2n) is 8.49. The Morgan fingerprint density at radius 1 is 1.23 bits per heavy atom. The molecule has 1 heterocycles. The van der Waals surface area contributed by atoms with E-state index in [0.717, 1.165) is 56.8 Å². The summed E-state index contributed by atoms with van der Waals surface area (Å²) in [5, 5.41) is 17.3. The van der Waals surface area contributed by atoms with Gasteiger partial charge in [-0.2, -0.15) is 0 Å². The van der Waals surface area contributed by atoms with Crippen LogP contribution in [0.3, 0.4) is 0 Å². The van der Waals surface area contributed by atoms with Gasteiger partial charge in [-0.15, -0.1) is 24.0 Å². The minimum atomic E-state index is -2.91. The van der Waals surface area contributed by atoms with Gasteiger partial charge in [0.05, 0.1) is 12.3 Å². The van der Waals surface area contributed by atoms with E-state index in [9.17, 15) is 13.5 Å². The van der Waals surface area contributed by atoms with Crippen LogP contribution < -0.4 is 10.6 Å². The van der Waals surface area contributed by atoms with Gasteiger partial charge in [-0.3, -0.25) is 0 Å². The zero-order valence-corrected chi connectivity index (χ0v) is 21.8. The first-order valence-electron chi connectivity index (χ1n) is 11.1. The third-order valence-corrected chi connectivity index (χ3v) is 7.00. The van der Waals surface area contributed by atoms with Crippen LogP contribution in [0.5, 0.6) is 5.75 Å². The van der Waals surface area contributed by atoms with Crippen molar-refractivity contribution in [3.05, 3.63) is 28.8 Å². The van der Waals surface area contributed by atoms with Crippen LogP contribution in [-0.2, 0) is 29.2 Å². The van der Waals surface area contributed by atoms with Crippen LogP contribution in [0.4, 0.5) is 0 Å². The third-order valence-electron chi connectivity index (χ3n) is 6.07. The van der Waals surface area contributed by atoms with Crippen LogP contribution in [-0.4, -0.2) is 68.6 Å². The van der Waals surface area contributed by atoms with Crippen molar-refractivity contribution in [1.29, 1.82) is 0 Å². The first-order chi connectivity index (χ1) is 14.4. The number of hydrogen-bond donors (Lipinski definition) is 3. The van der Waals surface area contributed by atoms with E-state index in [1.54, 1.807) is 0 Å². The third kappa shape index (κ3) is 8.09. The average Bonchev–Trinajstić information content (AvgIpc) is 2.72. The Labute approximate surface area is 204 Å². The first kappa shape index (κ1) is 26.2. The van der Waals surface area contributed by atoms with Crippen molar-refractivity contribution in [2.24, 2.45) is 4.99 Å². The predicted octanol–water partition coefficient (Wildman–Crippen LogP) is 2.45. The number of piperidine rings is 1. The minimum absolute atomic E-state index is 0. The number of sulfone groups is 1. The largest absolute Gasteiger partial charge is 0.508 e. The van der Waals surface area contributed by atoms with E-state index in [0.29, 0.717) is 24.9 Å². The van der Waals surface area contributed by atoms with Gasteiger partial charge < -0.3 is 20.6 Å². The maximum Gasteiger partial charge on any atom is 0.191 e. The van der Waals surface area contributed by atoms with E-state index in [4.69, 9.17) is 4.99 Å². The molecule has 1 aliphatic carbocycles. The molecule has 1 aromatic rings. The van der Waals surface area contributed by atoms with Gasteiger partial charge in [0.2, 0.25) is 0 Å². The fourth-order valence-corrected chi connectivity index (χ4v) is 4.93. The standard InChI is InChI=1S/C22H36N4O3S.HI/c1-3-23-22(25-18-10-12-26(13-11-18)14-15-30(2,28)29)24-16-20-19-7-5-4-6-17(19)8-9-21(20)27;/h8-9,18,27H,3-7,10-16H2,1-2H3,(H2,23,24,25);1H. The summed E-state index contributed by atoms with van der Waals surface area (Å²) in [6.45, 7) is 5.68. The Bertz CT molecular complexity index is 853. The van der Waals surface area contributed by atoms with Gasteiger partial charge in [0.15, 0.2) is 5.96 Å². The van der Waals surface area contributed by atoms with Crippen molar-refractivity contribution in [2.75, 3.05) is 38.2 Å². The number of aromatic hydroxyl groups is 1. The fourth-order valence-electron chi connectivity index (χ4n) is 4.34. The Hall–Kier alpha value is -1.07. The molecule has 0 aromatic heterocycles. The maximum atomic E-state index is 11.4. The molecule has 3 N–H and O–H groups in total. The van der Waals surface area contributed by atoms with Crippen molar-refractivity contribution in [3.8, 4) is 5.75 Å². The number of aliphatic imine (C=N–C) groups is 1. The first-order valence-corrected chi connectivity index (χ1v) is 13.2. The van der Waals surface area contributed by atoms with Gasteiger partial charge in [-0.05, 0) is 62.6 Å². The number of phenolic OH excluding ortho intramolecular Hbond substituents is 1. The molecule has 0 bridgehead atoms. The Morgan fingerprint density at radius 3 is 2.61 bits per heavy atom. The number of guanidine groups is 1. The number of halogens is 1. The number of hydrogen-bond acceptors (Lipinski definition) is 5. The molecule has 0 amide bonds. The van der Waals surface area contributed by atoms with Crippen molar-refractivity contribution in [2.45, 2.75) is 58.0 Å². The zero-order valence-electron chi connectivity index (χ0n) is 18.7. The Morgan fingerprint density at radius 2 is 1.94 bits per heavy atom. The summed E-state index contributed by atoms with van der Waals surface area (Å²) in [7, 11) is -2.91. The highest BCUT2D eigenvalue weighted by atomic mass is 127. The number of nitrogens with one attached hydrogen (secondary N) is 2. The number of likely N-dealkylation sites (tertiary alicyclic amines) is 1. The molecule has 0 spiro atoms. The lowest BCUT2D eigenvalue weighted by Crippen LogP contribution is -2.49. The van der Waals surface area contributed by atoms with Crippen molar-refractivity contribution >= 4 is 39.8 Å². The van der Waals surface area contributed by atoms with E-state index >= 15 is 0 Å². The molecule has 1 fully saturated rings. The summed E-state index contributed by atoms with van der Waals surface area (Å²) >= 11 is 0. The summed E-state index contributed by atoms with van der Waals surface area (Å²) in [4.78, 5) is 7.00. The molecule has 1 aromatic carbocycles. The highest BCUT2D eigenvalue weighted by molar-refractivity contribution is 14.0. The van der Waals surface area contributed by atoms with Gasteiger partial charge in [0.1, 0.15) is 15.6 Å². The second kappa shape index (κ2) is 12.2. The van der Waals surface area contributed by atoms with Crippen LogP contribution in [0.25, 0.3) is 0 Å². The average molecular weight is 565 g/mol. The lowest BCUT2D eigenvalue weighted by Gasteiger charge is -2.33. The molecule has 31 heavy (non-hydrogen) atoms. The highest BCUT2D eigenvalue weighted by Gasteiger charge is 2.21. The molecule has 2 aliphatic rings. The van der Waals surface area contributed by atoms with Crippen molar-refractivity contribution < 1.29 is 13.5 Å². The van der Waals surface area contributed by atoms with Gasteiger partial charge in [-0.25, -0.2) is 13.4 Å². The molecule has 9 heteroatoms. The topological polar surface area (TPSA) is 94.0 Å². The number of phenols is 1. The van der Waals surface area contributed by atoms with Crippen LogP contribution in [0.2, 0.25) is 0 Å². The molecule has 7 nitrogen and oxygen atoms in total. The minimum Gasteiger partial charge on any atom is -0.508 e.